The van der Waals surface area contributed by atoms with Crippen LogP contribution < -0.4 is 10.2 Å². The van der Waals surface area contributed by atoms with Gasteiger partial charge in [-0.1, -0.05) is 12.1 Å². The number of nitrogens with zero attached hydrogens (tertiary/aromatic N) is 3. The third-order valence-electron chi connectivity index (χ3n) is 4.77. The smallest absolute Gasteiger partial charge is 0.378 e. The molecule has 0 aliphatic carbocycles. The number of pyridine rings is 1. The number of rotatable bonds is 5. The van der Waals surface area contributed by atoms with E-state index in [1.165, 1.54) is 11.4 Å². The van der Waals surface area contributed by atoms with E-state index in [-0.39, 0.29) is 18.1 Å². The van der Waals surface area contributed by atoms with Crippen LogP contribution in [0, 0.1) is 0 Å². The third kappa shape index (κ3) is 5.20. The maximum Gasteiger partial charge on any atom is 0.416 e. The van der Waals surface area contributed by atoms with Crippen molar-refractivity contribution in [1.29, 1.82) is 0 Å². The van der Waals surface area contributed by atoms with Crippen molar-refractivity contribution in [2.45, 2.75) is 12.7 Å². The minimum Gasteiger partial charge on any atom is -0.378 e. The lowest BCUT2D eigenvalue weighted by Crippen LogP contribution is -2.36. The van der Waals surface area contributed by atoms with Crippen LogP contribution in [0.25, 0.3) is 10.6 Å². The highest BCUT2D eigenvalue weighted by Gasteiger charge is 2.30. The molecule has 31 heavy (non-hydrogen) atoms. The van der Waals surface area contributed by atoms with E-state index >= 15 is 0 Å². The van der Waals surface area contributed by atoms with Crippen molar-refractivity contribution in [3.8, 4) is 10.6 Å². The Morgan fingerprint density at radius 2 is 2.00 bits per heavy atom. The van der Waals surface area contributed by atoms with Crippen LogP contribution in [0.15, 0.2) is 48.0 Å². The number of carbonyl (C=O) groups is 1. The molecule has 0 atom stereocenters. The molecule has 3 heterocycles. The highest BCUT2D eigenvalue weighted by Crippen LogP contribution is 2.33. The lowest BCUT2D eigenvalue weighted by molar-refractivity contribution is -0.137. The Balaban J connectivity index is 1.41. The molecule has 0 radical (unpaired) electrons. The molecule has 1 fully saturated rings. The number of hydrogen-bond donors (Lipinski definition) is 1. The van der Waals surface area contributed by atoms with Crippen LogP contribution in [0.5, 0.6) is 0 Å². The average molecular weight is 448 g/mol. The first-order chi connectivity index (χ1) is 14.9. The molecule has 4 rings (SSSR count). The molecule has 0 saturated carbocycles. The van der Waals surface area contributed by atoms with Gasteiger partial charge in [0.1, 0.15) is 16.5 Å². The van der Waals surface area contributed by atoms with E-state index in [2.05, 4.69) is 20.2 Å². The van der Waals surface area contributed by atoms with Crippen LogP contribution in [0.4, 0.5) is 19.0 Å². The molecule has 1 aliphatic heterocycles. The Morgan fingerprint density at radius 3 is 2.77 bits per heavy atom. The largest absolute Gasteiger partial charge is 0.416 e. The first-order valence-electron chi connectivity index (χ1n) is 9.59. The summed E-state index contributed by atoms with van der Waals surface area (Å²) in [5.74, 6) is 0.440. The monoisotopic (exact) mass is 448 g/mol. The van der Waals surface area contributed by atoms with Gasteiger partial charge in [-0.15, -0.1) is 11.3 Å². The first kappa shape index (κ1) is 21.3. The molecule has 162 valence electrons. The number of amides is 1. The molecule has 1 N–H and O–H groups in total. The van der Waals surface area contributed by atoms with Crippen molar-refractivity contribution in [3.05, 3.63) is 64.8 Å². The number of thiazole rings is 1. The number of nitrogens with one attached hydrogen (secondary N) is 1. The molecule has 1 saturated heterocycles. The normalized spacial score (nSPS) is 14.5. The fourth-order valence-corrected chi connectivity index (χ4v) is 3.95. The van der Waals surface area contributed by atoms with Crippen molar-refractivity contribution in [2.75, 3.05) is 31.2 Å². The highest BCUT2D eigenvalue weighted by atomic mass is 32.1. The van der Waals surface area contributed by atoms with E-state index in [1.807, 2.05) is 12.1 Å². The summed E-state index contributed by atoms with van der Waals surface area (Å²) < 4.78 is 44.1. The Hall–Kier alpha value is -2.98. The molecule has 1 aliphatic rings. The summed E-state index contributed by atoms with van der Waals surface area (Å²) in [5.41, 5.74) is 0.626. The molecular weight excluding hydrogens is 429 g/mol. The minimum atomic E-state index is -4.43. The predicted molar refractivity (Wildman–Crippen MR) is 111 cm³/mol. The van der Waals surface area contributed by atoms with Gasteiger partial charge >= 0.3 is 6.18 Å². The van der Waals surface area contributed by atoms with E-state index in [0.29, 0.717) is 23.8 Å². The van der Waals surface area contributed by atoms with E-state index in [0.717, 1.165) is 47.9 Å². The quantitative estimate of drug-likeness (QED) is 0.639. The minimum absolute atomic E-state index is 0.167. The summed E-state index contributed by atoms with van der Waals surface area (Å²) in [4.78, 5) is 23.2. The number of benzene rings is 1. The zero-order valence-corrected chi connectivity index (χ0v) is 17.2. The summed E-state index contributed by atoms with van der Waals surface area (Å²) in [6.07, 6.45) is -2.74. The van der Waals surface area contributed by atoms with Gasteiger partial charge in [0, 0.05) is 36.8 Å². The van der Waals surface area contributed by atoms with Gasteiger partial charge in [-0.25, -0.2) is 9.97 Å². The van der Waals surface area contributed by atoms with Crippen molar-refractivity contribution in [2.24, 2.45) is 0 Å². The average Bonchev–Trinajstić information content (AvgIpc) is 3.28. The fraction of sp³-hybridized carbons (Fsp3) is 0.286. The highest BCUT2D eigenvalue weighted by molar-refractivity contribution is 7.13. The van der Waals surface area contributed by atoms with Gasteiger partial charge in [0.15, 0.2) is 0 Å². The second-order valence-corrected chi connectivity index (χ2v) is 7.78. The lowest BCUT2D eigenvalue weighted by atomic mass is 10.1. The number of hydrogen-bond acceptors (Lipinski definition) is 6. The third-order valence-corrected chi connectivity index (χ3v) is 5.66. The van der Waals surface area contributed by atoms with Crippen LogP contribution >= 0.6 is 11.3 Å². The van der Waals surface area contributed by atoms with Crippen LogP contribution in [-0.2, 0) is 17.5 Å². The van der Waals surface area contributed by atoms with Gasteiger partial charge in [0.2, 0.25) is 0 Å². The van der Waals surface area contributed by atoms with Gasteiger partial charge < -0.3 is 15.0 Å². The zero-order valence-electron chi connectivity index (χ0n) is 16.4. The van der Waals surface area contributed by atoms with E-state index in [9.17, 15) is 18.0 Å². The molecule has 6 nitrogen and oxygen atoms in total. The molecule has 1 amide bonds. The zero-order chi connectivity index (χ0) is 21.8. The van der Waals surface area contributed by atoms with Gasteiger partial charge in [-0.3, -0.25) is 4.79 Å². The number of morpholine rings is 1. The summed E-state index contributed by atoms with van der Waals surface area (Å²) in [5, 5.41) is 4.69. The first-order valence-corrected chi connectivity index (χ1v) is 10.5. The Labute approximate surface area is 180 Å². The number of carbonyl (C=O) groups excluding carboxylic acids is 1. The molecule has 0 spiro atoms. The summed E-state index contributed by atoms with van der Waals surface area (Å²) >= 11 is 1.13. The molecule has 10 heteroatoms. The van der Waals surface area contributed by atoms with Crippen LogP contribution in [-0.4, -0.2) is 42.2 Å². The number of anilines is 1. The second kappa shape index (κ2) is 9.03. The number of ether oxygens (including phenoxy) is 1. The van der Waals surface area contributed by atoms with Crippen LogP contribution in [0.3, 0.4) is 0 Å². The SMILES string of the molecule is O=C(NCc1ccnc(N2CCOCC2)c1)c1csc(-c2cccc(C(F)(F)F)c2)n1. The molecule has 1 aromatic carbocycles. The molecule has 0 unspecified atom stereocenters. The van der Waals surface area contributed by atoms with Crippen LogP contribution in [0.2, 0.25) is 0 Å². The van der Waals surface area contributed by atoms with Crippen molar-refractivity contribution < 1.29 is 22.7 Å². The number of alkyl halides is 3. The number of aromatic nitrogens is 2. The molecule has 2 aromatic heterocycles. The van der Waals surface area contributed by atoms with Gasteiger partial charge in [-0.05, 0) is 29.8 Å². The fourth-order valence-electron chi connectivity index (χ4n) is 3.15. The van der Waals surface area contributed by atoms with Gasteiger partial charge in [0.25, 0.3) is 5.91 Å². The van der Waals surface area contributed by atoms with E-state index in [1.54, 1.807) is 12.3 Å². The molecular formula is C21H19F3N4O2S. The summed E-state index contributed by atoms with van der Waals surface area (Å²) in [7, 11) is 0. The van der Waals surface area contributed by atoms with E-state index < -0.39 is 11.7 Å². The van der Waals surface area contributed by atoms with Gasteiger partial charge in [-0.2, -0.15) is 13.2 Å². The lowest BCUT2D eigenvalue weighted by Gasteiger charge is -2.28. The number of halogens is 3. The van der Waals surface area contributed by atoms with Gasteiger partial charge in [0.05, 0.1) is 18.8 Å². The maximum atomic E-state index is 12.9. The second-order valence-electron chi connectivity index (χ2n) is 6.92. The van der Waals surface area contributed by atoms with Crippen molar-refractivity contribution >= 4 is 23.1 Å². The Bertz CT molecular complexity index is 1060. The van der Waals surface area contributed by atoms with Crippen molar-refractivity contribution in [3.63, 3.8) is 0 Å². The topological polar surface area (TPSA) is 67.4 Å². The molecule has 3 aromatic rings. The van der Waals surface area contributed by atoms with Crippen LogP contribution in [0.1, 0.15) is 21.6 Å². The Morgan fingerprint density at radius 1 is 1.19 bits per heavy atom. The van der Waals surface area contributed by atoms with E-state index in [4.69, 9.17) is 4.74 Å². The summed E-state index contributed by atoms with van der Waals surface area (Å²) in [6.45, 7) is 3.12. The standard InChI is InChI=1S/C21H19F3N4O2S/c22-21(23,24)16-3-1-2-15(11-16)20-27-17(13-31-20)19(29)26-12-14-4-5-25-18(10-14)28-6-8-30-9-7-28/h1-5,10-11,13H,6-9,12H2,(H,26,29). The summed E-state index contributed by atoms with van der Waals surface area (Å²) in [6, 6.07) is 8.64. The molecule has 0 bridgehead atoms. The van der Waals surface area contributed by atoms with Crippen molar-refractivity contribution in [1.82, 2.24) is 15.3 Å². The maximum absolute atomic E-state index is 12.9. The predicted octanol–water partition coefficient (Wildman–Crippen LogP) is 3.99. The Kier molecular flexibility index (Phi) is 6.19.